The molecule has 114 valence electrons. The highest BCUT2D eigenvalue weighted by Crippen LogP contribution is 2.36. The minimum Gasteiger partial charge on any atom is -0.335 e. The highest BCUT2D eigenvalue weighted by molar-refractivity contribution is 6.42. The predicted octanol–water partition coefficient (Wildman–Crippen LogP) is 3.66. The summed E-state index contributed by atoms with van der Waals surface area (Å²) in [5.74, 6) is 0.415. The van der Waals surface area contributed by atoms with Crippen molar-refractivity contribution in [2.24, 2.45) is 5.92 Å². The first-order valence-electron chi connectivity index (χ1n) is 7.63. The number of rotatable bonds is 2. The second kappa shape index (κ2) is 6.55. The number of likely N-dealkylation sites (tertiary alicyclic amines) is 1. The summed E-state index contributed by atoms with van der Waals surface area (Å²) < 4.78 is 0. The molecule has 0 radical (unpaired) electrons. The summed E-state index contributed by atoms with van der Waals surface area (Å²) in [6.07, 6.45) is 4.14. The minimum absolute atomic E-state index is 0.127. The zero-order chi connectivity index (χ0) is 14.8. The third-order valence-electron chi connectivity index (χ3n) is 4.51. The van der Waals surface area contributed by atoms with Crippen LogP contribution in [0, 0.1) is 5.92 Å². The molecule has 0 spiro atoms. The van der Waals surface area contributed by atoms with Crippen LogP contribution < -0.4 is 5.32 Å². The highest BCUT2D eigenvalue weighted by atomic mass is 35.5. The third kappa shape index (κ3) is 3.20. The van der Waals surface area contributed by atoms with E-state index in [-0.39, 0.29) is 17.9 Å². The minimum atomic E-state index is 0.127. The number of nitrogens with zero attached hydrogens (tertiary/aromatic N) is 1. The number of benzene rings is 1. The second-order valence-electron chi connectivity index (χ2n) is 5.91. The van der Waals surface area contributed by atoms with Gasteiger partial charge in [-0.1, -0.05) is 29.3 Å². The molecule has 2 aliphatic rings. The highest BCUT2D eigenvalue weighted by Gasteiger charge is 2.34. The number of piperidine rings is 1. The Kier molecular flexibility index (Phi) is 4.72. The van der Waals surface area contributed by atoms with Crippen LogP contribution in [0.3, 0.4) is 0 Å². The van der Waals surface area contributed by atoms with Gasteiger partial charge in [-0.15, -0.1) is 0 Å². The van der Waals surface area contributed by atoms with Crippen LogP contribution in [0.25, 0.3) is 0 Å². The summed E-state index contributed by atoms with van der Waals surface area (Å²) in [6, 6.07) is 5.86. The smallest absolute Gasteiger partial charge is 0.227 e. The molecule has 3 nitrogen and oxygen atoms in total. The van der Waals surface area contributed by atoms with Gasteiger partial charge >= 0.3 is 0 Å². The van der Waals surface area contributed by atoms with E-state index in [1.165, 1.54) is 0 Å². The maximum absolute atomic E-state index is 12.8. The molecule has 3 rings (SSSR count). The van der Waals surface area contributed by atoms with E-state index in [9.17, 15) is 4.79 Å². The van der Waals surface area contributed by atoms with Gasteiger partial charge in [-0.2, -0.15) is 0 Å². The molecule has 0 saturated carbocycles. The normalized spacial score (nSPS) is 26.1. The Bertz CT molecular complexity index is 529. The molecule has 2 heterocycles. The Morgan fingerprint density at radius 2 is 2.05 bits per heavy atom. The maximum Gasteiger partial charge on any atom is 0.227 e. The number of nitrogens with one attached hydrogen (secondary N) is 1. The van der Waals surface area contributed by atoms with Crippen molar-refractivity contribution in [3.05, 3.63) is 33.8 Å². The summed E-state index contributed by atoms with van der Waals surface area (Å²) in [6.45, 7) is 2.68. The molecule has 1 N–H and O–H groups in total. The van der Waals surface area contributed by atoms with Crippen LogP contribution in [0.2, 0.25) is 10.0 Å². The van der Waals surface area contributed by atoms with E-state index in [1.54, 1.807) is 0 Å². The number of halogens is 2. The molecule has 0 bridgehead atoms. The van der Waals surface area contributed by atoms with E-state index in [0.717, 1.165) is 50.9 Å². The first kappa shape index (κ1) is 15.1. The molecule has 0 aromatic heterocycles. The first-order chi connectivity index (χ1) is 10.2. The van der Waals surface area contributed by atoms with Gasteiger partial charge in [0, 0.05) is 13.1 Å². The van der Waals surface area contributed by atoms with Crippen molar-refractivity contribution in [2.75, 3.05) is 19.6 Å². The van der Waals surface area contributed by atoms with Crippen LogP contribution in [-0.2, 0) is 4.79 Å². The van der Waals surface area contributed by atoms with E-state index in [1.807, 2.05) is 23.1 Å². The van der Waals surface area contributed by atoms with E-state index >= 15 is 0 Å². The lowest BCUT2D eigenvalue weighted by atomic mass is 9.96. The topological polar surface area (TPSA) is 32.3 Å². The first-order valence-corrected chi connectivity index (χ1v) is 8.38. The Balaban J connectivity index is 1.78. The predicted molar refractivity (Wildman–Crippen MR) is 85.7 cm³/mol. The molecular weight excluding hydrogens is 307 g/mol. The second-order valence-corrected chi connectivity index (χ2v) is 6.72. The van der Waals surface area contributed by atoms with Crippen LogP contribution in [0.1, 0.15) is 37.3 Å². The van der Waals surface area contributed by atoms with Crippen LogP contribution >= 0.6 is 23.2 Å². The number of carbonyl (C=O) groups excluding carboxylic acids is 1. The molecule has 5 heteroatoms. The molecular formula is C16H20Cl2N2O. The number of hydrogen-bond donors (Lipinski definition) is 1. The summed E-state index contributed by atoms with van der Waals surface area (Å²) in [5.41, 5.74) is 1.10. The number of amides is 1. The monoisotopic (exact) mass is 326 g/mol. The molecule has 2 saturated heterocycles. The van der Waals surface area contributed by atoms with Gasteiger partial charge in [-0.25, -0.2) is 0 Å². The Morgan fingerprint density at radius 1 is 1.19 bits per heavy atom. The molecule has 1 unspecified atom stereocenters. The molecule has 2 fully saturated rings. The van der Waals surface area contributed by atoms with Crippen molar-refractivity contribution in [1.82, 2.24) is 10.2 Å². The largest absolute Gasteiger partial charge is 0.335 e. The summed E-state index contributed by atoms with van der Waals surface area (Å²) in [4.78, 5) is 14.8. The molecule has 1 aromatic carbocycles. The number of carbonyl (C=O) groups is 1. The fourth-order valence-electron chi connectivity index (χ4n) is 3.39. The van der Waals surface area contributed by atoms with Crippen LogP contribution in [0.4, 0.5) is 0 Å². The summed E-state index contributed by atoms with van der Waals surface area (Å²) in [7, 11) is 0. The average Bonchev–Trinajstić information content (AvgIpc) is 2.99. The molecule has 1 amide bonds. The van der Waals surface area contributed by atoms with Crippen molar-refractivity contribution in [3.8, 4) is 0 Å². The van der Waals surface area contributed by atoms with Gasteiger partial charge in [0.15, 0.2) is 0 Å². The fourth-order valence-corrected chi connectivity index (χ4v) is 3.70. The van der Waals surface area contributed by atoms with Crippen LogP contribution in [0.15, 0.2) is 18.2 Å². The van der Waals surface area contributed by atoms with Crippen LogP contribution in [0.5, 0.6) is 0 Å². The van der Waals surface area contributed by atoms with Crippen molar-refractivity contribution in [3.63, 3.8) is 0 Å². The number of hydrogen-bond acceptors (Lipinski definition) is 2. The van der Waals surface area contributed by atoms with Crippen molar-refractivity contribution >= 4 is 29.1 Å². The Morgan fingerprint density at radius 3 is 2.76 bits per heavy atom. The standard InChI is InChI=1S/C16H20Cl2N2O/c17-13-6-5-11(9-14(13)18)15-4-2-8-20(15)16(21)12-3-1-7-19-10-12/h5-6,9,12,15,19H,1-4,7-8,10H2/t12-,15?/m1/s1. The molecule has 0 aliphatic carbocycles. The molecule has 2 atom stereocenters. The molecule has 21 heavy (non-hydrogen) atoms. The van der Waals surface area contributed by atoms with Crippen molar-refractivity contribution in [1.29, 1.82) is 0 Å². The quantitative estimate of drug-likeness (QED) is 0.899. The van der Waals surface area contributed by atoms with Crippen LogP contribution in [-0.4, -0.2) is 30.4 Å². The maximum atomic E-state index is 12.8. The van der Waals surface area contributed by atoms with E-state index < -0.39 is 0 Å². The van der Waals surface area contributed by atoms with Crippen molar-refractivity contribution in [2.45, 2.75) is 31.7 Å². The fraction of sp³-hybridized carbons (Fsp3) is 0.562. The van der Waals surface area contributed by atoms with Gasteiger partial charge in [0.05, 0.1) is 22.0 Å². The zero-order valence-corrected chi connectivity index (χ0v) is 13.5. The van der Waals surface area contributed by atoms with E-state index in [0.29, 0.717) is 10.0 Å². The van der Waals surface area contributed by atoms with Gasteiger partial charge in [-0.05, 0) is 49.9 Å². The van der Waals surface area contributed by atoms with Gasteiger partial charge in [0.2, 0.25) is 5.91 Å². The summed E-state index contributed by atoms with van der Waals surface area (Å²) >= 11 is 12.1. The van der Waals surface area contributed by atoms with Gasteiger partial charge in [0.25, 0.3) is 0 Å². The lowest BCUT2D eigenvalue weighted by Gasteiger charge is -2.31. The van der Waals surface area contributed by atoms with Crippen molar-refractivity contribution < 1.29 is 4.79 Å². The molecule has 1 aromatic rings. The molecule has 2 aliphatic heterocycles. The average molecular weight is 327 g/mol. The van der Waals surface area contributed by atoms with Gasteiger partial charge < -0.3 is 10.2 Å². The lowest BCUT2D eigenvalue weighted by Crippen LogP contribution is -2.42. The Hall–Kier alpha value is -0.770. The SMILES string of the molecule is O=C([C@@H]1CCCNC1)N1CCCC1c1ccc(Cl)c(Cl)c1. The van der Waals surface area contributed by atoms with Gasteiger partial charge in [-0.3, -0.25) is 4.79 Å². The van der Waals surface area contributed by atoms with E-state index in [2.05, 4.69) is 5.32 Å². The summed E-state index contributed by atoms with van der Waals surface area (Å²) in [5, 5.41) is 4.45. The lowest BCUT2D eigenvalue weighted by molar-refractivity contribution is -0.137. The zero-order valence-electron chi connectivity index (χ0n) is 11.9. The van der Waals surface area contributed by atoms with Gasteiger partial charge in [0.1, 0.15) is 0 Å². The third-order valence-corrected chi connectivity index (χ3v) is 5.25. The Labute approximate surface area is 135 Å². The van der Waals surface area contributed by atoms with E-state index in [4.69, 9.17) is 23.2 Å².